The Morgan fingerprint density at radius 1 is 1.25 bits per heavy atom. The van der Waals surface area contributed by atoms with E-state index in [1.54, 1.807) is 0 Å². The summed E-state index contributed by atoms with van der Waals surface area (Å²) >= 11 is 0. The number of rotatable bonds is 5. The fraction of sp³-hybridized carbons (Fsp3) is 0.938. The predicted octanol–water partition coefficient (Wildman–Crippen LogP) is 2.98. The molecule has 2 unspecified atom stereocenters. The molecule has 116 valence electrons. The van der Waals surface area contributed by atoms with Gasteiger partial charge in [-0.1, -0.05) is 26.2 Å². The van der Waals surface area contributed by atoms with Crippen LogP contribution in [-0.4, -0.2) is 34.5 Å². The second kappa shape index (κ2) is 6.90. The molecule has 0 amide bonds. The first-order chi connectivity index (χ1) is 9.52. The first kappa shape index (κ1) is 15.8. The Bertz CT molecular complexity index is 320. The maximum atomic E-state index is 10.9. The molecule has 0 radical (unpaired) electrons. The Hall–Kier alpha value is -0.610. The molecule has 0 aromatic carbocycles. The van der Waals surface area contributed by atoms with Gasteiger partial charge >= 0.3 is 5.97 Å². The SMILES string of the molecule is CCC1CCCC(OCC2(O)CCC(C(=O)O)CC2)C1. The van der Waals surface area contributed by atoms with Gasteiger partial charge in [0.1, 0.15) is 0 Å². The molecule has 2 fully saturated rings. The smallest absolute Gasteiger partial charge is 0.306 e. The predicted molar refractivity (Wildman–Crippen MR) is 76.5 cm³/mol. The number of carbonyl (C=O) groups is 1. The van der Waals surface area contributed by atoms with Gasteiger partial charge in [-0.2, -0.15) is 0 Å². The van der Waals surface area contributed by atoms with Crippen molar-refractivity contribution < 1.29 is 19.7 Å². The fourth-order valence-corrected chi connectivity index (χ4v) is 3.58. The van der Waals surface area contributed by atoms with E-state index in [0.717, 1.165) is 18.8 Å². The van der Waals surface area contributed by atoms with Crippen molar-refractivity contribution in [2.24, 2.45) is 11.8 Å². The van der Waals surface area contributed by atoms with Crippen molar-refractivity contribution in [1.82, 2.24) is 0 Å². The first-order valence-corrected chi connectivity index (χ1v) is 8.09. The molecule has 4 heteroatoms. The van der Waals surface area contributed by atoms with Gasteiger partial charge in [0.05, 0.1) is 24.2 Å². The summed E-state index contributed by atoms with van der Waals surface area (Å²) < 4.78 is 5.96. The number of hydrogen-bond acceptors (Lipinski definition) is 3. The summed E-state index contributed by atoms with van der Waals surface area (Å²) in [5, 5.41) is 19.5. The van der Waals surface area contributed by atoms with Gasteiger partial charge in [0, 0.05) is 0 Å². The Labute approximate surface area is 121 Å². The van der Waals surface area contributed by atoms with E-state index in [1.807, 2.05) is 0 Å². The number of aliphatic hydroxyl groups is 1. The van der Waals surface area contributed by atoms with E-state index in [1.165, 1.54) is 19.3 Å². The lowest BCUT2D eigenvalue weighted by Gasteiger charge is -2.37. The third-order valence-corrected chi connectivity index (χ3v) is 5.17. The van der Waals surface area contributed by atoms with Crippen molar-refractivity contribution in [3.8, 4) is 0 Å². The Kier molecular flexibility index (Phi) is 5.44. The number of aliphatic carboxylic acids is 1. The van der Waals surface area contributed by atoms with Crippen molar-refractivity contribution in [3.63, 3.8) is 0 Å². The van der Waals surface area contributed by atoms with E-state index in [4.69, 9.17) is 9.84 Å². The van der Waals surface area contributed by atoms with E-state index in [9.17, 15) is 9.90 Å². The second-order valence-corrected chi connectivity index (χ2v) is 6.71. The van der Waals surface area contributed by atoms with E-state index in [2.05, 4.69) is 6.92 Å². The molecule has 0 aromatic rings. The number of carboxylic acid groups (broad SMARTS) is 1. The Balaban J connectivity index is 1.74. The minimum atomic E-state index is -0.800. The normalized spacial score (nSPS) is 38.6. The van der Waals surface area contributed by atoms with Gasteiger partial charge in [-0.15, -0.1) is 0 Å². The van der Waals surface area contributed by atoms with E-state index >= 15 is 0 Å². The largest absolute Gasteiger partial charge is 0.481 e. The summed E-state index contributed by atoms with van der Waals surface area (Å²) in [7, 11) is 0. The van der Waals surface area contributed by atoms with Crippen LogP contribution in [0.15, 0.2) is 0 Å². The lowest BCUT2D eigenvalue weighted by Crippen LogP contribution is -2.41. The highest BCUT2D eigenvalue weighted by molar-refractivity contribution is 5.70. The van der Waals surface area contributed by atoms with E-state index < -0.39 is 11.6 Å². The summed E-state index contributed by atoms with van der Waals surface area (Å²) in [5.74, 6) is -0.244. The average Bonchev–Trinajstić information content (AvgIpc) is 2.46. The second-order valence-electron chi connectivity index (χ2n) is 6.71. The zero-order valence-electron chi connectivity index (χ0n) is 12.5. The van der Waals surface area contributed by atoms with Gasteiger partial charge in [0.25, 0.3) is 0 Å². The van der Waals surface area contributed by atoms with Gasteiger partial charge in [-0.05, 0) is 44.4 Å². The number of hydrogen-bond donors (Lipinski definition) is 2. The van der Waals surface area contributed by atoms with E-state index in [-0.39, 0.29) is 12.0 Å². The van der Waals surface area contributed by atoms with Gasteiger partial charge in [-0.25, -0.2) is 0 Å². The molecule has 0 heterocycles. The highest BCUT2D eigenvalue weighted by atomic mass is 16.5. The molecule has 0 saturated heterocycles. The molecular formula is C16H28O4. The van der Waals surface area contributed by atoms with Crippen molar-refractivity contribution in [3.05, 3.63) is 0 Å². The van der Waals surface area contributed by atoms with Crippen molar-refractivity contribution in [2.45, 2.75) is 76.4 Å². The summed E-state index contributed by atoms with van der Waals surface area (Å²) in [4.78, 5) is 10.9. The van der Waals surface area contributed by atoms with Crippen LogP contribution in [0.5, 0.6) is 0 Å². The average molecular weight is 284 g/mol. The summed E-state index contributed by atoms with van der Waals surface area (Å²) in [6.07, 6.45) is 8.48. The van der Waals surface area contributed by atoms with Gasteiger partial charge in [0.2, 0.25) is 0 Å². The molecule has 20 heavy (non-hydrogen) atoms. The van der Waals surface area contributed by atoms with Crippen LogP contribution >= 0.6 is 0 Å². The molecule has 2 saturated carbocycles. The quantitative estimate of drug-likeness (QED) is 0.814. The van der Waals surface area contributed by atoms with E-state index in [0.29, 0.717) is 32.3 Å². The van der Waals surface area contributed by atoms with Crippen LogP contribution in [0.25, 0.3) is 0 Å². The third kappa shape index (κ3) is 4.19. The van der Waals surface area contributed by atoms with Crippen LogP contribution < -0.4 is 0 Å². The lowest BCUT2D eigenvalue weighted by atomic mass is 9.79. The summed E-state index contributed by atoms with van der Waals surface area (Å²) in [6, 6.07) is 0. The van der Waals surface area contributed by atoms with Crippen molar-refractivity contribution in [2.75, 3.05) is 6.61 Å². The molecule has 2 atom stereocenters. The molecule has 0 spiro atoms. The Morgan fingerprint density at radius 2 is 1.95 bits per heavy atom. The highest BCUT2D eigenvalue weighted by Crippen LogP contribution is 2.34. The van der Waals surface area contributed by atoms with Crippen LogP contribution in [0.2, 0.25) is 0 Å². The number of carboxylic acids is 1. The standard InChI is InChI=1S/C16H28O4/c1-2-12-4-3-5-14(10-12)20-11-16(19)8-6-13(7-9-16)15(17)18/h12-14,19H,2-11H2,1H3,(H,17,18). The lowest BCUT2D eigenvalue weighted by molar-refractivity contribution is -0.147. The Morgan fingerprint density at radius 3 is 2.55 bits per heavy atom. The highest BCUT2D eigenvalue weighted by Gasteiger charge is 2.36. The first-order valence-electron chi connectivity index (χ1n) is 8.09. The molecule has 2 aliphatic carbocycles. The number of ether oxygens (including phenoxy) is 1. The van der Waals surface area contributed by atoms with Crippen LogP contribution in [0.4, 0.5) is 0 Å². The van der Waals surface area contributed by atoms with Crippen LogP contribution in [0, 0.1) is 11.8 Å². The fourth-order valence-electron chi connectivity index (χ4n) is 3.58. The molecule has 0 aromatic heterocycles. The minimum absolute atomic E-state index is 0.283. The molecule has 2 aliphatic rings. The molecule has 4 nitrogen and oxygen atoms in total. The summed E-state index contributed by atoms with van der Waals surface area (Å²) in [6.45, 7) is 2.61. The molecule has 2 rings (SSSR count). The van der Waals surface area contributed by atoms with Crippen molar-refractivity contribution in [1.29, 1.82) is 0 Å². The van der Waals surface area contributed by atoms with Crippen LogP contribution in [0.3, 0.4) is 0 Å². The zero-order valence-corrected chi connectivity index (χ0v) is 12.5. The topological polar surface area (TPSA) is 66.8 Å². The maximum absolute atomic E-state index is 10.9. The van der Waals surface area contributed by atoms with Crippen LogP contribution in [0.1, 0.15) is 64.7 Å². The zero-order chi connectivity index (χ0) is 14.6. The van der Waals surface area contributed by atoms with Gasteiger partial charge in [0.15, 0.2) is 0 Å². The van der Waals surface area contributed by atoms with Gasteiger partial charge in [-0.3, -0.25) is 4.79 Å². The molecular weight excluding hydrogens is 256 g/mol. The minimum Gasteiger partial charge on any atom is -0.481 e. The van der Waals surface area contributed by atoms with Crippen molar-refractivity contribution >= 4 is 5.97 Å². The molecule has 2 N–H and O–H groups in total. The van der Waals surface area contributed by atoms with Crippen LogP contribution in [-0.2, 0) is 9.53 Å². The molecule has 0 aliphatic heterocycles. The molecule has 0 bridgehead atoms. The van der Waals surface area contributed by atoms with Gasteiger partial charge < -0.3 is 14.9 Å². The summed E-state index contributed by atoms with van der Waals surface area (Å²) in [5.41, 5.74) is -0.800. The maximum Gasteiger partial charge on any atom is 0.306 e. The third-order valence-electron chi connectivity index (χ3n) is 5.17. The monoisotopic (exact) mass is 284 g/mol.